The summed E-state index contributed by atoms with van der Waals surface area (Å²) in [4.78, 5) is 12.9. The average Bonchev–Trinajstić information content (AvgIpc) is 2.59. The Kier molecular flexibility index (Phi) is 4.69. The molecule has 0 atom stereocenters. The first-order chi connectivity index (χ1) is 12.1. The van der Waals surface area contributed by atoms with E-state index in [2.05, 4.69) is 21.2 Å². The molecule has 4 bridgehead atoms. The van der Waals surface area contributed by atoms with Crippen molar-refractivity contribution in [3.63, 3.8) is 0 Å². The molecular weight excluding hydrogens is 382 g/mol. The van der Waals surface area contributed by atoms with E-state index in [1.54, 1.807) is 13.2 Å². The number of methoxy groups -OCH3 is 1. The maximum absolute atomic E-state index is 12.9. The number of rotatable bonds is 5. The van der Waals surface area contributed by atoms with Crippen molar-refractivity contribution >= 4 is 21.8 Å². The molecule has 25 heavy (non-hydrogen) atoms. The molecule has 4 saturated carbocycles. The van der Waals surface area contributed by atoms with Crippen molar-refractivity contribution in [2.75, 3.05) is 13.7 Å². The van der Waals surface area contributed by atoms with Crippen LogP contribution in [0.15, 0.2) is 16.6 Å². The fraction of sp³-hybridized carbons (Fsp3) is 0.650. The van der Waals surface area contributed by atoms with Gasteiger partial charge < -0.3 is 14.8 Å². The lowest BCUT2D eigenvalue weighted by Crippen LogP contribution is -2.55. The van der Waals surface area contributed by atoms with Gasteiger partial charge in [0, 0.05) is 11.6 Å². The first-order valence-electron chi connectivity index (χ1n) is 9.40. The monoisotopic (exact) mass is 407 g/mol. The van der Waals surface area contributed by atoms with E-state index in [0.717, 1.165) is 16.3 Å². The summed E-state index contributed by atoms with van der Waals surface area (Å²) in [7, 11) is 1.60. The lowest BCUT2D eigenvalue weighted by Gasteiger charge is -2.54. The Bertz CT molecular complexity index is 647. The van der Waals surface area contributed by atoms with Crippen LogP contribution < -0.4 is 14.8 Å². The van der Waals surface area contributed by atoms with Gasteiger partial charge >= 0.3 is 0 Å². The van der Waals surface area contributed by atoms with E-state index >= 15 is 0 Å². The minimum Gasteiger partial charge on any atom is -0.493 e. The van der Waals surface area contributed by atoms with E-state index in [0.29, 0.717) is 41.5 Å². The van der Waals surface area contributed by atoms with Crippen molar-refractivity contribution in [1.82, 2.24) is 5.32 Å². The van der Waals surface area contributed by atoms with E-state index in [1.165, 1.54) is 32.1 Å². The first kappa shape index (κ1) is 17.2. The minimum absolute atomic E-state index is 0.000443. The molecule has 1 N–H and O–H groups in total. The summed E-state index contributed by atoms with van der Waals surface area (Å²) in [5.41, 5.74) is 0.626. The molecule has 1 aromatic carbocycles. The van der Waals surface area contributed by atoms with Crippen molar-refractivity contribution in [3.8, 4) is 11.5 Å². The van der Waals surface area contributed by atoms with Crippen LogP contribution in [-0.4, -0.2) is 25.7 Å². The lowest BCUT2D eigenvalue weighted by atomic mass is 9.54. The van der Waals surface area contributed by atoms with E-state index in [-0.39, 0.29) is 5.91 Å². The van der Waals surface area contributed by atoms with E-state index in [1.807, 2.05) is 13.0 Å². The number of ether oxygens (including phenoxy) is 2. The summed E-state index contributed by atoms with van der Waals surface area (Å²) in [5.74, 6) is 4.41. The predicted octanol–water partition coefficient (Wildman–Crippen LogP) is 4.41. The Hall–Kier alpha value is -1.23. The van der Waals surface area contributed by atoms with Crippen molar-refractivity contribution in [1.29, 1.82) is 0 Å². The Labute approximate surface area is 157 Å². The topological polar surface area (TPSA) is 47.6 Å². The number of hydrogen-bond acceptors (Lipinski definition) is 3. The number of benzene rings is 1. The molecule has 1 amide bonds. The van der Waals surface area contributed by atoms with Gasteiger partial charge in [0.15, 0.2) is 11.5 Å². The molecule has 0 aliphatic heterocycles. The number of halogens is 1. The Morgan fingerprint density at radius 1 is 1.16 bits per heavy atom. The molecule has 0 radical (unpaired) electrons. The second-order valence-corrected chi connectivity index (χ2v) is 8.71. The maximum Gasteiger partial charge on any atom is 0.251 e. The zero-order valence-electron chi connectivity index (χ0n) is 14.9. The van der Waals surface area contributed by atoms with Gasteiger partial charge in [-0.1, -0.05) is 0 Å². The third kappa shape index (κ3) is 3.16. The highest BCUT2D eigenvalue weighted by atomic mass is 79.9. The summed E-state index contributed by atoms with van der Waals surface area (Å²) in [6.07, 6.45) is 6.63. The standard InChI is InChI=1S/C20H26BrNO3/c1-3-25-19-16(21)9-15(10-17(19)24-2)20(23)22-18-13-5-11-4-12(7-13)8-14(18)6-11/h9-14,18H,3-8H2,1-2H3,(H,22,23). The van der Waals surface area contributed by atoms with Gasteiger partial charge in [-0.3, -0.25) is 4.79 Å². The molecule has 136 valence electrons. The Morgan fingerprint density at radius 2 is 1.80 bits per heavy atom. The predicted molar refractivity (Wildman–Crippen MR) is 100 cm³/mol. The van der Waals surface area contributed by atoms with Gasteiger partial charge in [0.25, 0.3) is 5.91 Å². The summed E-state index contributed by atoms with van der Waals surface area (Å²) >= 11 is 3.51. The Balaban J connectivity index is 1.52. The zero-order valence-corrected chi connectivity index (χ0v) is 16.5. The number of nitrogens with one attached hydrogen (secondary N) is 1. The first-order valence-corrected chi connectivity index (χ1v) is 10.2. The third-order valence-electron chi connectivity index (χ3n) is 6.30. The minimum atomic E-state index is -0.000443. The normalized spacial score (nSPS) is 32.5. The SMILES string of the molecule is CCOc1c(Br)cc(C(=O)NC2C3CC4CC(C3)CC2C4)cc1OC. The molecular formula is C20H26BrNO3. The molecule has 0 spiro atoms. The molecule has 5 heteroatoms. The zero-order chi connectivity index (χ0) is 17.6. The molecule has 0 saturated heterocycles. The second-order valence-electron chi connectivity index (χ2n) is 7.85. The molecule has 0 aromatic heterocycles. The molecule has 4 aliphatic rings. The summed E-state index contributed by atoms with van der Waals surface area (Å²) in [5, 5.41) is 3.35. The van der Waals surface area contributed by atoms with Crippen LogP contribution in [0.3, 0.4) is 0 Å². The van der Waals surface area contributed by atoms with Crippen LogP contribution in [-0.2, 0) is 0 Å². The van der Waals surface area contributed by atoms with Crippen LogP contribution in [0.2, 0.25) is 0 Å². The smallest absolute Gasteiger partial charge is 0.251 e. The third-order valence-corrected chi connectivity index (χ3v) is 6.89. The van der Waals surface area contributed by atoms with E-state index in [9.17, 15) is 4.79 Å². The molecule has 4 aliphatic carbocycles. The average molecular weight is 408 g/mol. The van der Waals surface area contributed by atoms with Gasteiger partial charge in [0.2, 0.25) is 0 Å². The van der Waals surface area contributed by atoms with Gasteiger partial charge in [-0.15, -0.1) is 0 Å². The van der Waals surface area contributed by atoms with E-state index in [4.69, 9.17) is 9.47 Å². The van der Waals surface area contributed by atoms with Gasteiger partial charge in [-0.05, 0) is 90.8 Å². The number of carbonyl (C=O) groups excluding carboxylic acids is 1. The molecule has 4 fully saturated rings. The largest absolute Gasteiger partial charge is 0.493 e. The fourth-order valence-electron chi connectivity index (χ4n) is 5.53. The van der Waals surface area contributed by atoms with Crippen LogP contribution in [0.25, 0.3) is 0 Å². The number of carbonyl (C=O) groups is 1. The van der Waals surface area contributed by atoms with Gasteiger partial charge in [0.05, 0.1) is 18.2 Å². The van der Waals surface area contributed by atoms with Gasteiger partial charge in [0.1, 0.15) is 0 Å². The maximum atomic E-state index is 12.9. The molecule has 4 nitrogen and oxygen atoms in total. The van der Waals surface area contributed by atoms with E-state index < -0.39 is 0 Å². The van der Waals surface area contributed by atoms with Crippen LogP contribution >= 0.6 is 15.9 Å². The molecule has 0 unspecified atom stereocenters. The number of hydrogen-bond donors (Lipinski definition) is 1. The second kappa shape index (κ2) is 6.82. The van der Waals surface area contributed by atoms with Crippen molar-refractivity contribution in [3.05, 3.63) is 22.2 Å². The van der Waals surface area contributed by atoms with Crippen LogP contribution in [0.5, 0.6) is 11.5 Å². The molecule has 0 heterocycles. The van der Waals surface area contributed by atoms with Gasteiger partial charge in [-0.2, -0.15) is 0 Å². The van der Waals surface area contributed by atoms with Crippen molar-refractivity contribution < 1.29 is 14.3 Å². The van der Waals surface area contributed by atoms with Gasteiger partial charge in [-0.25, -0.2) is 0 Å². The summed E-state index contributed by atoms with van der Waals surface area (Å²) < 4.78 is 11.8. The molecule has 5 rings (SSSR count). The van der Waals surface area contributed by atoms with Crippen molar-refractivity contribution in [2.45, 2.75) is 45.1 Å². The fourth-order valence-corrected chi connectivity index (χ4v) is 6.09. The highest BCUT2D eigenvalue weighted by Gasteiger charge is 2.48. The van der Waals surface area contributed by atoms with Crippen LogP contribution in [0, 0.1) is 23.7 Å². The summed E-state index contributed by atoms with van der Waals surface area (Å²) in [6, 6.07) is 3.96. The molecule has 1 aromatic rings. The number of amides is 1. The highest BCUT2D eigenvalue weighted by molar-refractivity contribution is 9.10. The van der Waals surface area contributed by atoms with Crippen LogP contribution in [0.4, 0.5) is 0 Å². The Morgan fingerprint density at radius 3 is 2.36 bits per heavy atom. The quantitative estimate of drug-likeness (QED) is 0.785. The summed E-state index contributed by atoms with van der Waals surface area (Å²) in [6.45, 7) is 2.48. The van der Waals surface area contributed by atoms with Crippen LogP contribution in [0.1, 0.15) is 49.4 Å². The lowest BCUT2D eigenvalue weighted by molar-refractivity contribution is -0.0119. The highest BCUT2D eigenvalue weighted by Crippen LogP contribution is 2.53. The van der Waals surface area contributed by atoms with Crippen molar-refractivity contribution in [2.24, 2.45) is 23.7 Å².